The number of carbonyl (C=O) groups excluding carboxylic acids is 2. The van der Waals surface area contributed by atoms with Crippen LogP contribution in [0.2, 0.25) is 5.02 Å². The second-order valence-electron chi connectivity index (χ2n) is 3.82. The summed E-state index contributed by atoms with van der Waals surface area (Å²) in [6.07, 6.45) is 0.246. The number of halogens is 2. The molecule has 2 N–H and O–H groups in total. The molecule has 1 aromatic carbocycles. The minimum Gasteiger partial charge on any atom is -0.355 e. The predicted molar refractivity (Wildman–Crippen MR) is 68.9 cm³/mol. The van der Waals surface area contributed by atoms with E-state index in [1.165, 1.54) is 0 Å². The Bertz CT molecular complexity index is 479. The minimum absolute atomic E-state index is 0.0843. The molecule has 0 radical (unpaired) electrons. The van der Waals surface area contributed by atoms with Crippen LogP contribution in [0, 0.1) is 5.92 Å². The SMILES string of the molecule is O=C1CC(C(=O)Nc2ccc(Br)c(Cl)c2)CN1. The van der Waals surface area contributed by atoms with Gasteiger partial charge in [0.15, 0.2) is 0 Å². The van der Waals surface area contributed by atoms with Crippen LogP contribution in [0.25, 0.3) is 0 Å². The van der Waals surface area contributed by atoms with Crippen LogP contribution >= 0.6 is 27.5 Å². The molecule has 4 nitrogen and oxygen atoms in total. The first-order valence-corrected chi connectivity index (χ1v) is 6.26. The summed E-state index contributed by atoms with van der Waals surface area (Å²) in [5, 5.41) is 5.89. The molecule has 1 aromatic rings. The maximum absolute atomic E-state index is 11.8. The lowest BCUT2D eigenvalue weighted by molar-refractivity contribution is -0.123. The Morgan fingerprint density at radius 1 is 1.53 bits per heavy atom. The van der Waals surface area contributed by atoms with Crippen molar-refractivity contribution < 1.29 is 9.59 Å². The van der Waals surface area contributed by atoms with Crippen LogP contribution in [0.1, 0.15) is 6.42 Å². The molecule has 1 heterocycles. The number of carbonyl (C=O) groups is 2. The molecule has 1 fully saturated rings. The number of amides is 2. The average molecular weight is 318 g/mol. The van der Waals surface area contributed by atoms with Crippen molar-refractivity contribution in [1.82, 2.24) is 5.32 Å². The van der Waals surface area contributed by atoms with Gasteiger partial charge in [-0.25, -0.2) is 0 Å². The molecule has 0 aromatic heterocycles. The second kappa shape index (κ2) is 5.06. The van der Waals surface area contributed by atoms with E-state index in [2.05, 4.69) is 26.6 Å². The first kappa shape index (κ1) is 12.4. The fourth-order valence-corrected chi connectivity index (χ4v) is 2.04. The third-order valence-electron chi connectivity index (χ3n) is 2.54. The largest absolute Gasteiger partial charge is 0.355 e. The van der Waals surface area contributed by atoms with Crippen LogP contribution in [0.4, 0.5) is 5.69 Å². The van der Waals surface area contributed by atoms with E-state index in [9.17, 15) is 9.59 Å². The van der Waals surface area contributed by atoms with Crippen LogP contribution < -0.4 is 10.6 Å². The Balaban J connectivity index is 2.03. The van der Waals surface area contributed by atoms with Crippen molar-refractivity contribution in [3.05, 3.63) is 27.7 Å². The van der Waals surface area contributed by atoms with E-state index in [0.717, 1.165) is 4.47 Å². The Labute approximate surface area is 112 Å². The average Bonchev–Trinajstić information content (AvgIpc) is 2.70. The number of hydrogen-bond donors (Lipinski definition) is 2. The standard InChI is InChI=1S/C11H10BrClN2O2/c12-8-2-1-7(4-9(8)13)15-11(17)6-3-10(16)14-5-6/h1-2,4,6H,3,5H2,(H,14,16)(H,15,17). The first-order chi connectivity index (χ1) is 8.06. The normalized spacial score (nSPS) is 18.9. The first-order valence-electron chi connectivity index (χ1n) is 5.09. The third kappa shape index (κ3) is 2.98. The maximum atomic E-state index is 11.8. The smallest absolute Gasteiger partial charge is 0.229 e. The van der Waals surface area contributed by atoms with E-state index in [0.29, 0.717) is 17.3 Å². The lowest BCUT2D eigenvalue weighted by Gasteiger charge is -2.09. The zero-order chi connectivity index (χ0) is 12.4. The fourth-order valence-electron chi connectivity index (χ4n) is 1.61. The molecule has 0 saturated carbocycles. The van der Waals surface area contributed by atoms with Gasteiger partial charge >= 0.3 is 0 Å². The second-order valence-corrected chi connectivity index (χ2v) is 5.08. The van der Waals surface area contributed by atoms with Crippen molar-refractivity contribution in [1.29, 1.82) is 0 Å². The molecule has 1 aliphatic heterocycles. The quantitative estimate of drug-likeness (QED) is 0.878. The molecule has 2 amide bonds. The molecule has 0 bridgehead atoms. The number of nitrogens with one attached hydrogen (secondary N) is 2. The van der Waals surface area contributed by atoms with Gasteiger partial charge in [-0.2, -0.15) is 0 Å². The highest BCUT2D eigenvalue weighted by Gasteiger charge is 2.27. The highest BCUT2D eigenvalue weighted by molar-refractivity contribution is 9.10. The predicted octanol–water partition coefficient (Wildman–Crippen LogP) is 2.18. The molecule has 17 heavy (non-hydrogen) atoms. The monoisotopic (exact) mass is 316 g/mol. The van der Waals surface area contributed by atoms with E-state index in [4.69, 9.17) is 11.6 Å². The van der Waals surface area contributed by atoms with Crippen LogP contribution in [0.15, 0.2) is 22.7 Å². The zero-order valence-electron chi connectivity index (χ0n) is 8.80. The lowest BCUT2D eigenvalue weighted by Crippen LogP contribution is -2.24. The molecule has 2 rings (SSSR count). The molecule has 1 unspecified atom stereocenters. The Kier molecular flexibility index (Phi) is 3.69. The van der Waals surface area contributed by atoms with E-state index in [1.807, 2.05) is 0 Å². The summed E-state index contributed by atoms with van der Waals surface area (Å²) >= 11 is 9.19. The van der Waals surface area contributed by atoms with Crippen LogP contribution in [0.5, 0.6) is 0 Å². The Morgan fingerprint density at radius 3 is 2.88 bits per heavy atom. The van der Waals surface area contributed by atoms with Gasteiger partial charge in [-0.15, -0.1) is 0 Å². The van der Waals surface area contributed by atoms with Gasteiger partial charge in [0.05, 0.1) is 10.9 Å². The van der Waals surface area contributed by atoms with Gasteiger partial charge in [0.25, 0.3) is 0 Å². The van der Waals surface area contributed by atoms with E-state index in [1.54, 1.807) is 18.2 Å². The topological polar surface area (TPSA) is 58.2 Å². The Morgan fingerprint density at radius 2 is 2.29 bits per heavy atom. The van der Waals surface area contributed by atoms with Crippen molar-refractivity contribution in [2.75, 3.05) is 11.9 Å². The summed E-state index contributed by atoms with van der Waals surface area (Å²) in [7, 11) is 0. The van der Waals surface area contributed by atoms with Gasteiger partial charge in [-0.1, -0.05) is 11.6 Å². The molecule has 0 spiro atoms. The van der Waals surface area contributed by atoms with Crippen molar-refractivity contribution in [2.24, 2.45) is 5.92 Å². The van der Waals surface area contributed by atoms with Crippen molar-refractivity contribution >= 4 is 45.0 Å². The summed E-state index contributed by atoms with van der Waals surface area (Å²) < 4.78 is 0.773. The molecule has 6 heteroatoms. The van der Waals surface area contributed by atoms with Crippen LogP contribution in [0.3, 0.4) is 0 Å². The molecule has 90 valence electrons. The van der Waals surface area contributed by atoms with Gasteiger partial charge < -0.3 is 10.6 Å². The Hall–Kier alpha value is -1.07. The number of benzene rings is 1. The van der Waals surface area contributed by atoms with Crippen molar-refractivity contribution in [2.45, 2.75) is 6.42 Å². The molecule has 1 atom stereocenters. The summed E-state index contributed by atoms with van der Waals surface area (Å²) in [5.41, 5.74) is 0.627. The van der Waals surface area contributed by atoms with Gasteiger partial charge in [0, 0.05) is 23.1 Å². The van der Waals surface area contributed by atoms with Crippen molar-refractivity contribution in [3.8, 4) is 0 Å². The van der Waals surface area contributed by atoms with Crippen LogP contribution in [-0.2, 0) is 9.59 Å². The highest BCUT2D eigenvalue weighted by atomic mass is 79.9. The molecular formula is C11H10BrClN2O2. The zero-order valence-corrected chi connectivity index (χ0v) is 11.1. The lowest BCUT2D eigenvalue weighted by atomic mass is 10.1. The fraction of sp³-hybridized carbons (Fsp3) is 0.273. The number of rotatable bonds is 2. The van der Waals surface area contributed by atoms with Gasteiger partial charge in [0.2, 0.25) is 11.8 Å². The maximum Gasteiger partial charge on any atom is 0.229 e. The molecule has 1 aliphatic rings. The minimum atomic E-state index is -0.301. The van der Waals surface area contributed by atoms with Crippen LogP contribution in [-0.4, -0.2) is 18.4 Å². The van der Waals surface area contributed by atoms with E-state index < -0.39 is 0 Å². The molecular weight excluding hydrogens is 307 g/mol. The van der Waals surface area contributed by atoms with Crippen molar-refractivity contribution in [3.63, 3.8) is 0 Å². The van der Waals surface area contributed by atoms with Gasteiger partial charge in [-0.05, 0) is 34.1 Å². The summed E-state index contributed by atoms with van der Waals surface area (Å²) in [5.74, 6) is -0.550. The highest BCUT2D eigenvalue weighted by Crippen LogP contribution is 2.26. The molecule has 0 aliphatic carbocycles. The van der Waals surface area contributed by atoms with Gasteiger partial charge in [-0.3, -0.25) is 9.59 Å². The van der Waals surface area contributed by atoms with Gasteiger partial charge in [0.1, 0.15) is 0 Å². The van der Waals surface area contributed by atoms with E-state index in [-0.39, 0.29) is 24.2 Å². The summed E-state index contributed by atoms with van der Waals surface area (Å²) in [6, 6.07) is 5.17. The number of anilines is 1. The summed E-state index contributed by atoms with van der Waals surface area (Å²) in [6.45, 7) is 0.398. The molecule has 1 saturated heterocycles. The summed E-state index contributed by atoms with van der Waals surface area (Å²) in [4.78, 5) is 22.8. The van der Waals surface area contributed by atoms with E-state index >= 15 is 0 Å². The third-order valence-corrected chi connectivity index (χ3v) is 3.77. The number of hydrogen-bond acceptors (Lipinski definition) is 2.